The van der Waals surface area contributed by atoms with E-state index in [4.69, 9.17) is 0 Å². The monoisotopic (exact) mass is 188 g/mol. The van der Waals surface area contributed by atoms with Crippen molar-refractivity contribution in [3.05, 3.63) is 48.2 Å². The van der Waals surface area contributed by atoms with Gasteiger partial charge in [0.05, 0.1) is 11.9 Å². The lowest BCUT2D eigenvalue weighted by molar-refractivity contribution is 0.621. The number of halogens is 1. The zero-order chi connectivity index (χ0) is 9.97. The molecular weight excluding hydrogens is 179 g/mol. The molecule has 0 saturated carbocycles. The molecule has 0 aliphatic rings. The van der Waals surface area contributed by atoms with E-state index in [9.17, 15) is 4.39 Å². The highest BCUT2D eigenvalue weighted by Gasteiger charge is 2.04. The number of aryl methyl sites for hydroxylation is 1. The zero-order valence-electron chi connectivity index (χ0n) is 7.74. The Morgan fingerprint density at radius 3 is 2.79 bits per heavy atom. The summed E-state index contributed by atoms with van der Waals surface area (Å²) in [4.78, 5) is 8.08. The van der Waals surface area contributed by atoms with Crippen molar-refractivity contribution in [2.24, 2.45) is 0 Å². The van der Waals surface area contributed by atoms with Crippen molar-refractivity contribution in [2.75, 3.05) is 0 Å². The first-order valence-corrected chi connectivity index (χ1v) is 4.31. The summed E-state index contributed by atoms with van der Waals surface area (Å²) in [6.07, 6.45) is 2.89. The van der Waals surface area contributed by atoms with Gasteiger partial charge in [-0.25, -0.2) is 4.39 Å². The molecule has 0 amide bonds. The highest BCUT2D eigenvalue weighted by Crippen LogP contribution is 2.19. The van der Waals surface area contributed by atoms with Crippen LogP contribution in [-0.2, 0) is 0 Å². The van der Waals surface area contributed by atoms with E-state index in [0.717, 1.165) is 17.0 Å². The minimum atomic E-state index is -0.337. The van der Waals surface area contributed by atoms with Gasteiger partial charge in [0, 0.05) is 17.5 Å². The van der Waals surface area contributed by atoms with E-state index in [1.54, 1.807) is 6.20 Å². The van der Waals surface area contributed by atoms with Crippen LogP contribution in [0, 0.1) is 12.7 Å². The van der Waals surface area contributed by atoms with E-state index in [2.05, 4.69) is 9.97 Å². The molecule has 0 aromatic carbocycles. The summed E-state index contributed by atoms with van der Waals surface area (Å²) < 4.78 is 12.9. The van der Waals surface area contributed by atoms with Crippen LogP contribution in [-0.4, -0.2) is 9.97 Å². The van der Waals surface area contributed by atoms with Crippen LogP contribution in [0.25, 0.3) is 11.3 Å². The predicted octanol–water partition coefficient (Wildman–Crippen LogP) is 2.59. The Morgan fingerprint density at radius 1 is 1.21 bits per heavy atom. The third-order valence-corrected chi connectivity index (χ3v) is 1.99. The average molecular weight is 188 g/mol. The van der Waals surface area contributed by atoms with Gasteiger partial charge in [-0.05, 0) is 25.1 Å². The topological polar surface area (TPSA) is 25.8 Å². The minimum absolute atomic E-state index is 0.337. The van der Waals surface area contributed by atoms with Crippen molar-refractivity contribution in [1.29, 1.82) is 0 Å². The molecule has 70 valence electrons. The Labute approximate surface area is 81.5 Å². The first-order chi connectivity index (χ1) is 6.77. The maximum Gasteiger partial charge on any atom is 0.142 e. The summed E-state index contributed by atoms with van der Waals surface area (Å²) in [5.74, 6) is -0.337. The molecule has 0 bridgehead atoms. The van der Waals surface area contributed by atoms with Crippen LogP contribution >= 0.6 is 0 Å². The lowest BCUT2D eigenvalue weighted by Crippen LogP contribution is -1.91. The van der Waals surface area contributed by atoms with Crippen LogP contribution in [0.15, 0.2) is 36.7 Å². The van der Waals surface area contributed by atoms with Gasteiger partial charge >= 0.3 is 0 Å². The van der Waals surface area contributed by atoms with Gasteiger partial charge in [-0.15, -0.1) is 0 Å². The first-order valence-electron chi connectivity index (χ1n) is 4.31. The summed E-state index contributed by atoms with van der Waals surface area (Å²) in [6, 6.07) is 6.98. The summed E-state index contributed by atoms with van der Waals surface area (Å²) in [5.41, 5.74) is 2.27. The Balaban J connectivity index is 2.57. The predicted molar refractivity (Wildman–Crippen MR) is 52.2 cm³/mol. The van der Waals surface area contributed by atoms with E-state index < -0.39 is 0 Å². The smallest absolute Gasteiger partial charge is 0.142 e. The fourth-order valence-electron chi connectivity index (χ4n) is 1.29. The SMILES string of the molecule is Cc1ncc(F)cc1-c1ccccn1. The number of pyridine rings is 2. The van der Waals surface area contributed by atoms with Crippen LogP contribution in [0.4, 0.5) is 4.39 Å². The summed E-state index contributed by atoms with van der Waals surface area (Å²) in [6.45, 7) is 1.84. The quantitative estimate of drug-likeness (QED) is 0.687. The molecule has 0 fully saturated rings. The second-order valence-electron chi connectivity index (χ2n) is 3.00. The largest absolute Gasteiger partial charge is 0.258 e. The molecule has 2 rings (SSSR count). The van der Waals surface area contributed by atoms with Crippen molar-refractivity contribution in [1.82, 2.24) is 9.97 Å². The van der Waals surface area contributed by atoms with Crippen LogP contribution in [0.5, 0.6) is 0 Å². The fourth-order valence-corrected chi connectivity index (χ4v) is 1.29. The van der Waals surface area contributed by atoms with Gasteiger partial charge < -0.3 is 0 Å². The molecule has 2 heterocycles. The van der Waals surface area contributed by atoms with Crippen LogP contribution < -0.4 is 0 Å². The van der Waals surface area contributed by atoms with Crippen LogP contribution in [0.2, 0.25) is 0 Å². The van der Waals surface area contributed by atoms with Gasteiger partial charge in [0.2, 0.25) is 0 Å². The Kier molecular flexibility index (Phi) is 2.23. The molecule has 0 aliphatic heterocycles. The standard InChI is InChI=1S/C11H9FN2/c1-8-10(6-9(12)7-14-8)11-4-2-3-5-13-11/h2-7H,1H3. The lowest BCUT2D eigenvalue weighted by atomic mass is 10.1. The molecule has 3 heteroatoms. The third-order valence-electron chi connectivity index (χ3n) is 1.99. The molecule has 0 saturated heterocycles. The fraction of sp³-hybridized carbons (Fsp3) is 0.0909. The van der Waals surface area contributed by atoms with Gasteiger partial charge in [0.1, 0.15) is 5.82 Å². The molecule has 2 nitrogen and oxygen atoms in total. The van der Waals surface area contributed by atoms with E-state index in [1.807, 2.05) is 25.1 Å². The molecule has 2 aromatic rings. The Morgan fingerprint density at radius 2 is 2.07 bits per heavy atom. The van der Waals surface area contributed by atoms with E-state index in [0.29, 0.717) is 0 Å². The van der Waals surface area contributed by atoms with Gasteiger partial charge in [-0.1, -0.05) is 6.07 Å². The van der Waals surface area contributed by atoms with E-state index in [1.165, 1.54) is 12.3 Å². The van der Waals surface area contributed by atoms with Gasteiger partial charge in [0.25, 0.3) is 0 Å². The minimum Gasteiger partial charge on any atom is -0.258 e. The molecule has 0 aliphatic carbocycles. The summed E-state index contributed by atoms with van der Waals surface area (Å²) >= 11 is 0. The van der Waals surface area contributed by atoms with Gasteiger partial charge in [-0.3, -0.25) is 9.97 Å². The van der Waals surface area contributed by atoms with Crippen molar-refractivity contribution in [3.63, 3.8) is 0 Å². The van der Waals surface area contributed by atoms with Crippen molar-refractivity contribution >= 4 is 0 Å². The number of aromatic nitrogens is 2. The second-order valence-corrected chi connectivity index (χ2v) is 3.00. The maximum absolute atomic E-state index is 12.9. The summed E-state index contributed by atoms with van der Waals surface area (Å²) in [5, 5.41) is 0. The number of hydrogen-bond acceptors (Lipinski definition) is 2. The van der Waals surface area contributed by atoms with Crippen molar-refractivity contribution in [3.8, 4) is 11.3 Å². The zero-order valence-corrected chi connectivity index (χ0v) is 7.74. The number of nitrogens with zero attached hydrogens (tertiary/aromatic N) is 2. The lowest BCUT2D eigenvalue weighted by Gasteiger charge is -2.03. The molecule has 2 aromatic heterocycles. The summed E-state index contributed by atoms with van der Waals surface area (Å²) in [7, 11) is 0. The highest BCUT2D eigenvalue weighted by molar-refractivity contribution is 5.61. The highest BCUT2D eigenvalue weighted by atomic mass is 19.1. The molecule has 0 atom stereocenters. The van der Waals surface area contributed by atoms with Gasteiger partial charge in [0.15, 0.2) is 0 Å². The normalized spacial score (nSPS) is 10.1. The Hall–Kier alpha value is -1.77. The first kappa shape index (κ1) is 8.81. The molecule has 0 radical (unpaired) electrons. The molecule has 14 heavy (non-hydrogen) atoms. The maximum atomic E-state index is 12.9. The number of rotatable bonds is 1. The van der Waals surface area contributed by atoms with Crippen molar-refractivity contribution in [2.45, 2.75) is 6.92 Å². The van der Waals surface area contributed by atoms with E-state index >= 15 is 0 Å². The van der Waals surface area contributed by atoms with Crippen LogP contribution in [0.3, 0.4) is 0 Å². The molecule has 0 unspecified atom stereocenters. The van der Waals surface area contributed by atoms with Crippen LogP contribution in [0.1, 0.15) is 5.69 Å². The Bertz CT molecular complexity index is 440. The third kappa shape index (κ3) is 1.62. The number of hydrogen-bond donors (Lipinski definition) is 0. The second kappa shape index (κ2) is 3.54. The van der Waals surface area contributed by atoms with Gasteiger partial charge in [-0.2, -0.15) is 0 Å². The molecular formula is C11H9FN2. The molecule has 0 spiro atoms. The average Bonchev–Trinajstić information content (AvgIpc) is 2.23. The van der Waals surface area contributed by atoms with E-state index in [-0.39, 0.29) is 5.82 Å². The molecule has 0 N–H and O–H groups in total. The van der Waals surface area contributed by atoms with Crippen molar-refractivity contribution < 1.29 is 4.39 Å².